The Hall–Kier alpha value is -0.160. The van der Waals surface area contributed by atoms with Crippen molar-refractivity contribution in [3.05, 3.63) is 0 Å². The van der Waals surface area contributed by atoms with Gasteiger partial charge < -0.3 is 19.7 Å². The lowest BCUT2D eigenvalue weighted by molar-refractivity contribution is -0.130. The van der Waals surface area contributed by atoms with Gasteiger partial charge in [0, 0.05) is 31.2 Å². The Balaban J connectivity index is 1.63. The Kier molecular flexibility index (Phi) is 6.27. The number of likely N-dealkylation sites (N-methyl/N-ethyl adjacent to an activating group) is 1. The number of nitrogens with one attached hydrogen (secondary N) is 1. The molecule has 0 aliphatic heterocycles. The molecule has 2 rings (SSSR count). The van der Waals surface area contributed by atoms with Crippen LogP contribution in [0.25, 0.3) is 0 Å². The van der Waals surface area contributed by atoms with Gasteiger partial charge in [-0.3, -0.25) is 0 Å². The van der Waals surface area contributed by atoms with Crippen LogP contribution in [0.2, 0.25) is 0 Å². The Morgan fingerprint density at radius 1 is 1.20 bits per heavy atom. The fourth-order valence-electron chi connectivity index (χ4n) is 3.83. The maximum atomic E-state index is 5.94. The standard InChI is InChI=1S/C16H32N2O2/c1-4-20-15-13-14(16(15)7-5-6-8-16)17-9-11-19-12-10-18(2)3/h14-15,17H,4-13H2,1-3H3. The molecule has 2 saturated carbocycles. The van der Waals surface area contributed by atoms with Crippen LogP contribution in [0.5, 0.6) is 0 Å². The lowest BCUT2D eigenvalue weighted by Crippen LogP contribution is -2.63. The molecule has 0 aromatic heterocycles. The van der Waals surface area contributed by atoms with Gasteiger partial charge in [0.1, 0.15) is 0 Å². The molecule has 4 nitrogen and oxygen atoms in total. The normalized spacial score (nSPS) is 28.2. The van der Waals surface area contributed by atoms with Crippen molar-refractivity contribution >= 4 is 0 Å². The van der Waals surface area contributed by atoms with Crippen molar-refractivity contribution in [1.82, 2.24) is 10.2 Å². The monoisotopic (exact) mass is 284 g/mol. The van der Waals surface area contributed by atoms with E-state index in [1.165, 1.54) is 32.1 Å². The number of hydrogen-bond donors (Lipinski definition) is 1. The highest BCUT2D eigenvalue weighted by Crippen LogP contribution is 2.54. The van der Waals surface area contributed by atoms with Crippen LogP contribution in [0.3, 0.4) is 0 Å². The Morgan fingerprint density at radius 3 is 2.60 bits per heavy atom. The summed E-state index contributed by atoms with van der Waals surface area (Å²) in [6, 6.07) is 0.652. The van der Waals surface area contributed by atoms with Gasteiger partial charge in [-0.15, -0.1) is 0 Å². The van der Waals surface area contributed by atoms with Gasteiger partial charge in [-0.05, 0) is 40.3 Å². The molecule has 0 radical (unpaired) electrons. The molecule has 2 atom stereocenters. The third-order valence-electron chi connectivity index (χ3n) is 5.01. The van der Waals surface area contributed by atoms with Gasteiger partial charge >= 0.3 is 0 Å². The minimum atomic E-state index is 0.444. The summed E-state index contributed by atoms with van der Waals surface area (Å²) in [6.07, 6.45) is 7.13. The molecule has 0 aromatic carbocycles. The molecule has 0 saturated heterocycles. The minimum Gasteiger partial charge on any atom is -0.379 e. The number of nitrogens with zero attached hydrogens (tertiary/aromatic N) is 1. The first kappa shape index (κ1) is 16.2. The lowest BCUT2D eigenvalue weighted by Gasteiger charge is -2.54. The highest BCUT2D eigenvalue weighted by atomic mass is 16.5. The zero-order valence-electron chi connectivity index (χ0n) is 13.5. The van der Waals surface area contributed by atoms with Gasteiger partial charge in [0.05, 0.1) is 19.3 Å². The van der Waals surface area contributed by atoms with Crippen molar-refractivity contribution in [1.29, 1.82) is 0 Å². The quantitative estimate of drug-likeness (QED) is 0.656. The summed E-state index contributed by atoms with van der Waals surface area (Å²) in [5, 5.41) is 3.71. The van der Waals surface area contributed by atoms with Crippen LogP contribution in [-0.4, -0.2) is 64.1 Å². The van der Waals surface area contributed by atoms with Crippen molar-refractivity contribution in [3.63, 3.8) is 0 Å². The van der Waals surface area contributed by atoms with E-state index in [-0.39, 0.29) is 0 Å². The van der Waals surface area contributed by atoms with Crippen molar-refractivity contribution in [2.24, 2.45) is 5.41 Å². The SMILES string of the molecule is CCOC1CC(NCCOCCN(C)C)C12CCCC2. The minimum absolute atomic E-state index is 0.444. The molecular formula is C16H32N2O2. The predicted octanol–water partition coefficient (Wildman–Crippen LogP) is 1.89. The molecule has 0 heterocycles. The van der Waals surface area contributed by atoms with Gasteiger partial charge in [-0.1, -0.05) is 12.8 Å². The maximum absolute atomic E-state index is 5.94. The summed E-state index contributed by atoms with van der Waals surface area (Å²) >= 11 is 0. The second-order valence-corrected chi connectivity index (χ2v) is 6.54. The molecule has 1 N–H and O–H groups in total. The fraction of sp³-hybridized carbons (Fsp3) is 1.00. The van der Waals surface area contributed by atoms with Gasteiger partial charge in [-0.2, -0.15) is 0 Å². The molecule has 0 bridgehead atoms. The fourth-order valence-corrected chi connectivity index (χ4v) is 3.83. The van der Waals surface area contributed by atoms with E-state index in [1.807, 2.05) is 0 Å². The molecule has 0 amide bonds. The molecule has 2 aliphatic rings. The average molecular weight is 284 g/mol. The maximum Gasteiger partial charge on any atom is 0.0661 e. The zero-order chi connectivity index (χ0) is 14.4. The van der Waals surface area contributed by atoms with Gasteiger partial charge in [0.2, 0.25) is 0 Å². The molecule has 2 fully saturated rings. The van der Waals surface area contributed by atoms with Crippen LogP contribution in [-0.2, 0) is 9.47 Å². The Morgan fingerprint density at radius 2 is 1.95 bits per heavy atom. The highest BCUT2D eigenvalue weighted by molar-refractivity contribution is 5.09. The third kappa shape index (κ3) is 3.73. The van der Waals surface area contributed by atoms with Crippen molar-refractivity contribution < 1.29 is 9.47 Å². The van der Waals surface area contributed by atoms with E-state index >= 15 is 0 Å². The first-order valence-corrected chi connectivity index (χ1v) is 8.26. The summed E-state index contributed by atoms with van der Waals surface area (Å²) in [5.41, 5.74) is 0.444. The Bertz CT molecular complexity index is 278. The molecule has 20 heavy (non-hydrogen) atoms. The molecule has 1 spiro atoms. The second-order valence-electron chi connectivity index (χ2n) is 6.54. The van der Waals surface area contributed by atoms with E-state index < -0.39 is 0 Å². The topological polar surface area (TPSA) is 33.7 Å². The number of rotatable bonds is 9. The van der Waals surface area contributed by atoms with E-state index in [2.05, 4.69) is 31.2 Å². The molecule has 118 valence electrons. The molecule has 2 unspecified atom stereocenters. The van der Waals surface area contributed by atoms with Gasteiger partial charge in [0.25, 0.3) is 0 Å². The highest BCUT2D eigenvalue weighted by Gasteiger charge is 2.56. The summed E-state index contributed by atoms with van der Waals surface area (Å²) in [5.74, 6) is 0. The summed E-state index contributed by atoms with van der Waals surface area (Å²) in [4.78, 5) is 2.15. The van der Waals surface area contributed by atoms with E-state index in [0.717, 1.165) is 32.9 Å². The third-order valence-corrected chi connectivity index (χ3v) is 5.01. The van der Waals surface area contributed by atoms with E-state index in [0.29, 0.717) is 17.6 Å². The molecular weight excluding hydrogens is 252 g/mol. The lowest BCUT2D eigenvalue weighted by atomic mass is 9.60. The first-order valence-electron chi connectivity index (χ1n) is 8.26. The smallest absolute Gasteiger partial charge is 0.0661 e. The average Bonchev–Trinajstić information content (AvgIpc) is 2.92. The number of hydrogen-bond acceptors (Lipinski definition) is 4. The van der Waals surface area contributed by atoms with E-state index in [4.69, 9.17) is 9.47 Å². The van der Waals surface area contributed by atoms with Gasteiger partial charge in [-0.25, -0.2) is 0 Å². The predicted molar refractivity (Wildman–Crippen MR) is 82.1 cm³/mol. The van der Waals surface area contributed by atoms with Crippen molar-refractivity contribution in [3.8, 4) is 0 Å². The number of ether oxygens (including phenoxy) is 2. The van der Waals surface area contributed by atoms with Crippen molar-refractivity contribution in [2.75, 3.05) is 47.0 Å². The van der Waals surface area contributed by atoms with Crippen LogP contribution in [0.1, 0.15) is 39.0 Å². The second kappa shape index (κ2) is 7.74. The van der Waals surface area contributed by atoms with Gasteiger partial charge in [0.15, 0.2) is 0 Å². The summed E-state index contributed by atoms with van der Waals surface area (Å²) in [6.45, 7) is 6.58. The zero-order valence-corrected chi connectivity index (χ0v) is 13.5. The Labute approximate surface area is 124 Å². The molecule has 4 heteroatoms. The van der Waals surface area contributed by atoms with E-state index in [1.54, 1.807) is 0 Å². The van der Waals surface area contributed by atoms with Crippen molar-refractivity contribution in [2.45, 2.75) is 51.2 Å². The molecule has 0 aromatic rings. The molecule has 2 aliphatic carbocycles. The summed E-state index contributed by atoms with van der Waals surface area (Å²) in [7, 11) is 4.15. The summed E-state index contributed by atoms with van der Waals surface area (Å²) < 4.78 is 11.6. The first-order chi connectivity index (χ1) is 9.69. The van der Waals surface area contributed by atoms with Crippen LogP contribution in [0.4, 0.5) is 0 Å². The van der Waals surface area contributed by atoms with Crippen LogP contribution < -0.4 is 5.32 Å². The van der Waals surface area contributed by atoms with Crippen LogP contribution in [0.15, 0.2) is 0 Å². The van der Waals surface area contributed by atoms with Crippen LogP contribution >= 0.6 is 0 Å². The largest absolute Gasteiger partial charge is 0.379 e. The van der Waals surface area contributed by atoms with E-state index in [9.17, 15) is 0 Å². The van der Waals surface area contributed by atoms with Crippen LogP contribution in [0, 0.1) is 5.41 Å².